The molecule has 7 heteroatoms. The summed E-state index contributed by atoms with van der Waals surface area (Å²) >= 11 is 0. The summed E-state index contributed by atoms with van der Waals surface area (Å²) in [5, 5.41) is 23.6. The second kappa shape index (κ2) is 13.0. The number of benzene rings is 2. The van der Waals surface area contributed by atoms with Crippen LogP contribution in [-0.4, -0.2) is 55.7 Å². The number of hydrogen-bond acceptors (Lipinski definition) is 7. The molecule has 2 aromatic carbocycles. The van der Waals surface area contributed by atoms with E-state index >= 15 is 0 Å². The van der Waals surface area contributed by atoms with Crippen LogP contribution in [-0.2, 0) is 27.1 Å². The molecule has 0 spiro atoms. The number of hydrogen-bond donors (Lipinski definition) is 2. The number of aliphatic hydroxyl groups is 1. The number of carbonyl (C=O) groups is 1. The summed E-state index contributed by atoms with van der Waals surface area (Å²) in [5.41, 5.74) is 3.77. The Hall–Kier alpha value is -2.92. The monoisotopic (exact) mass is 508 g/mol. The Morgan fingerprint density at radius 3 is 2.46 bits per heavy atom. The van der Waals surface area contributed by atoms with Crippen molar-refractivity contribution in [3.8, 4) is 11.8 Å². The van der Waals surface area contributed by atoms with Crippen molar-refractivity contribution >= 4 is 5.97 Å². The topological polar surface area (TPSA) is 101 Å². The minimum absolute atomic E-state index is 0.0276. The Balaban J connectivity index is 1.51. The molecular weight excluding hydrogens is 468 g/mol. The third kappa shape index (κ3) is 8.29. The summed E-state index contributed by atoms with van der Waals surface area (Å²) in [6.45, 7) is 8.55. The van der Waals surface area contributed by atoms with Gasteiger partial charge in [-0.2, -0.15) is 5.26 Å². The first-order valence-corrected chi connectivity index (χ1v) is 13.0. The van der Waals surface area contributed by atoms with Gasteiger partial charge in [-0.25, -0.2) is 0 Å². The number of methoxy groups -OCH3 is 1. The molecule has 0 amide bonds. The third-order valence-electron chi connectivity index (χ3n) is 6.88. The number of nitrogens with zero attached hydrogens (tertiary/aromatic N) is 1. The number of ether oxygens (including phenoxy) is 3. The molecule has 200 valence electrons. The van der Waals surface area contributed by atoms with Gasteiger partial charge in [-0.3, -0.25) is 4.79 Å². The van der Waals surface area contributed by atoms with Crippen LogP contribution in [0.2, 0.25) is 0 Å². The maximum atomic E-state index is 12.5. The zero-order valence-electron chi connectivity index (χ0n) is 22.6. The fraction of sp³-hybridized carbons (Fsp3) is 0.533. The summed E-state index contributed by atoms with van der Waals surface area (Å²) in [6.07, 6.45) is 2.08. The number of esters is 1. The summed E-state index contributed by atoms with van der Waals surface area (Å²) in [4.78, 5) is 12.5. The Morgan fingerprint density at radius 2 is 1.84 bits per heavy atom. The van der Waals surface area contributed by atoms with E-state index in [4.69, 9.17) is 14.2 Å². The van der Waals surface area contributed by atoms with Crippen LogP contribution in [0.4, 0.5) is 0 Å². The van der Waals surface area contributed by atoms with Crippen molar-refractivity contribution in [2.24, 2.45) is 5.92 Å². The van der Waals surface area contributed by atoms with E-state index in [1.165, 1.54) is 11.1 Å². The van der Waals surface area contributed by atoms with Gasteiger partial charge in [-0.05, 0) is 81.7 Å². The van der Waals surface area contributed by atoms with E-state index < -0.39 is 12.0 Å². The lowest BCUT2D eigenvalue weighted by atomic mass is 9.88. The summed E-state index contributed by atoms with van der Waals surface area (Å²) in [6, 6.07) is 15.8. The largest absolute Gasteiger partial charge is 0.489 e. The molecule has 0 aromatic heterocycles. The van der Waals surface area contributed by atoms with Crippen LogP contribution in [0.1, 0.15) is 62.3 Å². The van der Waals surface area contributed by atoms with Gasteiger partial charge in [0.1, 0.15) is 30.6 Å². The minimum atomic E-state index is -0.757. The number of nitriles is 1. The van der Waals surface area contributed by atoms with Gasteiger partial charge >= 0.3 is 5.97 Å². The highest BCUT2D eigenvalue weighted by molar-refractivity contribution is 5.78. The standard InChI is InChI=1S/C30H40N2O5/c1-20(18-35-5)37-29(34)21(2)23-10-11-26(16-31)28(14-23)36-19-27(33)17-32-30(3,4)15-22-12-24-8-6-7-9-25(24)13-22/h6-11,14,20-22,27,32-33H,12-13,15,17-19H2,1-5H3/t20?,21?,27-/m1/s1. The van der Waals surface area contributed by atoms with E-state index in [0.29, 0.717) is 35.9 Å². The van der Waals surface area contributed by atoms with E-state index in [9.17, 15) is 15.2 Å². The first-order chi connectivity index (χ1) is 17.6. The van der Waals surface area contributed by atoms with Crippen molar-refractivity contribution in [2.45, 2.75) is 70.6 Å². The van der Waals surface area contributed by atoms with Gasteiger partial charge in [0.15, 0.2) is 0 Å². The van der Waals surface area contributed by atoms with Crippen molar-refractivity contribution in [3.63, 3.8) is 0 Å². The predicted molar refractivity (Wildman–Crippen MR) is 143 cm³/mol. The molecule has 0 saturated carbocycles. The number of nitrogens with one attached hydrogen (secondary N) is 1. The summed E-state index contributed by atoms with van der Waals surface area (Å²) < 4.78 is 16.3. The Labute approximate surface area is 220 Å². The van der Waals surface area contributed by atoms with Crippen molar-refractivity contribution < 1.29 is 24.1 Å². The maximum absolute atomic E-state index is 12.5. The molecule has 0 heterocycles. The lowest BCUT2D eigenvalue weighted by Crippen LogP contribution is -2.46. The van der Waals surface area contributed by atoms with E-state index in [1.807, 2.05) is 0 Å². The van der Waals surface area contributed by atoms with Gasteiger partial charge in [0, 0.05) is 19.2 Å². The van der Waals surface area contributed by atoms with Crippen LogP contribution in [0.3, 0.4) is 0 Å². The zero-order chi connectivity index (χ0) is 27.0. The quantitative estimate of drug-likeness (QED) is 0.392. The third-order valence-corrected chi connectivity index (χ3v) is 6.88. The second-order valence-electron chi connectivity index (χ2n) is 10.8. The smallest absolute Gasteiger partial charge is 0.313 e. The van der Waals surface area contributed by atoms with Crippen molar-refractivity contribution in [3.05, 3.63) is 64.7 Å². The molecule has 0 fully saturated rings. The van der Waals surface area contributed by atoms with Gasteiger partial charge in [0.2, 0.25) is 0 Å². The highest BCUT2D eigenvalue weighted by Crippen LogP contribution is 2.32. The maximum Gasteiger partial charge on any atom is 0.313 e. The van der Waals surface area contributed by atoms with E-state index in [-0.39, 0.29) is 24.2 Å². The molecule has 37 heavy (non-hydrogen) atoms. The summed E-state index contributed by atoms with van der Waals surface area (Å²) in [7, 11) is 1.55. The van der Waals surface area contributed by atoms with Crippen LogP contribution < -0.4 is 10.1 Å². The molecule has 2 N–H and O–H groups in total. The fourth-order valence-electron chi connectivity index (χ4n) is 4.95. The first kappa shape index (κ1) is 28.6. The summed E-state index contributed by atoms with van der Waals surface area (Å²) in [5.74, 6) is 0.00699. The van der Waals surface area contributed by atoms with Gasteiger partial charge in [0.25, 0.3) is 0 Å². The van der Waals surface area contributed by atoms with Crippen LogP contribution in [0.15, 0.2) is 42.5 Å². The molecular formula is C30H40N2O5. The molecule has 0 bridgehead atoms. The Kier molecular flexibility index (Phi) is 10.1. The number of β-amino-alcohol motifs (C(OH)–C–C–N with tert-alkyl or cyclic N) is 1. The lowest BCUT2D eigenvalue weighted by Gasteiger charge is -2.30. The molecule has 3 rings (SSSR count). The van der Waals surface area contributed by atoms with Gasteiger partial charge < -0.3 is 24.6 Å². The molecule has 3 atom stereocenters. The highest BCUT2D eigenvalue weighted by Gasteiger charge is 2.28. The lowest BCUT2D eigenvalue weighted by molar-refractivity contribution is -0.151. The molecule has 0 aliphatic heterocycles. The average Bonchev–Trinajstić information content (AvgIpc) is 3.27. The normalized spacial score (nSPS) is 15.9. The number of rotatable bonds is 13. The number of aliphatic hydroxyl groups excluding tert-OH is 1. The highest BCUT2D eigenvalue weighted by atomic mass is 16.6. The number of fused-ring (bicyclic) bond motifs is 1. The van der Waals surface area contributed by atoms with E-state index in [1.54, 1.807) is 39.2 Å². The Bertz CT molecular complexity index is 1070. The molecule has 1 aliphatic rings. The Morgan fingerprint density at radius 1 is 1.16 bits per heavy atom. The molecule has 0 saturated heterocycles. The van der Waals surface area contributed by atoms with E-state index in [2.05, 4.69) is 49.5 Å². The van der Waals surface area contributed by atoms with Crippen LogP contribution in [0.25, 0.3) is 0 Å². The number of carbonyl (C=O) groups excluding carboxylic acids is 1. The predicted octanol–water partition coefficient (Wildman–Crippen LogP) is 4.15. The molecule has 2 aromatic rings. The van der Waals surface area contributed by atoms with Gasteiger partial charge in [0.05, 0.1) is 18.1 Å². The average molecular weight is 509 g/mol. The van der Waals surface area contributed by atoms with Crippen LogP contribution >= 0.6 is 0 Å². The molecule has 0 radical (unpaired) electrons. The van der Waals surface area contributed by atoms with E-state index in [0.717, 1.165) is 19.3 Å². The molecule has 2 unspecified atom stereocenters. The van der Waals surface area contributed by atoms with Crippen molar-refractivity contribution in [1.29, 1.82) is 5.26 Å². The second-order valence-corrected chi connectivity index (χ2v) is 10.8. The molecule has 7 nitrogen and oxygen atoms in total. The minimum Gasteiger partial charge on any atom is -0.489 e. The van der Waals surface area contributed by atoms with Crippen molar-refractivity contribution in [2.75, 3.05) is 26.9 Å². The van der Waals surface area contributed by atoms with Crippen LogP contribution in [0, 0.1) is 17.2 Å². The van der Waals surface area contributed by atoms with Crippen molar-refractivity contribution in [1.82, 2.24) is 5.32 Å². The van der Waals surface area contributed by atoms with Gasteiger partial charge in [-0.1, -0.05) is 30.3 Å². The fourth-order valence-corrected chi connectivity index (χ4v) is 4.95. The molecule has 1 aliphatic carbocycles. The SMILES string of the molecule is COCC(C)OC(=O)C(C)c1ccc(C#N)c(OC[C@H](O)CNC(C)(C)CC2Cc3ccccc3C2)c1. The first-order valence-electron chi connectivity index (χ1n) is 13.0. The zero-order valence-corrected chi connectivity index (χ0v) is 22.6. The van der Waals surface area contributed by atoms with Gasteiger partial charge in [-0.15, -0.1) is 0 Å². The van der Waals surface area contributed by atoms with Crippen LogP contribution in [0.5, 0.6) is 5.75 Å².